The summed E-state index contributed by atoms with van der Waals surface area (Å²) in [4.78, 5) is 25.3. The summed E-state index contributed by atoms with van der Waals surface area (Å²) in [7, 11) is 1.51. The Kier molecular flexibility index (Phi) is 4.84. The Hall–Kier alpha value is -4.52. The van der Waals surface area contributed by atoms with E-state index in [0.29, 0.717) is 17.1 Å². The first-order valence-electron chi connectivity index (χ1n) is 9.69. The summed E-state index contributed by atoms with van der Waals surface area (Å²) < 4.78 is 27.4. The molecule has 5 rings (SSSR count). The number of hydrogen-bond acceptors (Lipinski definition) is 7. The van der Waals surface area contributed by atoms with Crippen molar-refractivity contribution in [2.24, 2.45) is 0 Å². The van der Waals surface area contributed by atoms with E-state index in [1.807, 2.05) is 18.2 Å². The topological polar surface area (TPSA) is 88.1 Å². The van der Waals surface area contributed by atoms with Gasteiger partial charge in [-0.25, -0.2) is 4.79 Å². The van der Waals surface area contributed by atoms with Crippen LogP contribution in [0.5, 0.6) is 23.0 Å². The largest absolute Gasteiger partial charge is 0.493 e. The highest BCUT2D eigenvalue weighted by atomic mass is 16.5. The molecule has 0 N–H and O–H groups in total. The molecule has 0 fully saturated rings. The van der Waals surface area contributed by atoms with E-state index in [4.69, 9.17) is 23.0 Å². The molecule has 5 aromatic rings. The van der Waals surface area contributed by atoms with Crippen LogP contribution < -0.4 is 19.6 Å². The van der Waals surface area contributed by atoms with Crippen molar-refractivity contribution in [2.75, 3.05) is 7.11 Å². The Morgan fingerprint density at radius 3 is 2.44 bits per heavy atom. The first-order chi connectivity index (χ1) is 15.6. The molecular weight excluding hydrogens is 412 g/mol. The van der Waals surface area contributed by atoms with Gasteiger partial charge in [-0.15, -0.1) is 0 Å². The number of carbonyl (C=O) groups excluding carboxylic acids is 1. The maximum absolute atomic E-state index is 12.8. The van der Waals surface area contributed by atoms with Crippen LogP contribution in [0.15, 0.2) is 92.7 Å². The molecule has 2 aromatic heterocycles. The number of esters is 1. The minimum absolute atomic E-state index is 0.00835. The van der Waals surface area contributed by atoms with Crippen LogP contribution in [0.3, 0.4) is 0 Å². The van der Waals surface area contributed by atoms with E-state index < -0.39 is 5.97 Å². The van der Waals surface area contributed by atoms with Crippen molar-refractivity contribution >= 4 is 27.9 Å². The third kappa shape index (κ3) is 3.56. The first kappa shape index (κ1) is 19.4. The number of hydrogen-bond donors (Lipinski definition) is 0. The second-order valence-corrected chi connectivity index (χ2v) is 6.88. The zero-order valence-corrected chi connectivity index (χ0v) is 16.9. The average Bonchev–Trinajstić information content (AvgIpc) is 3.26. The molecule has 0 bridgehead atoms. The van der Waals surface area contributed by atoms with Gasteiger partial charge in [-0.05, 0) is 36.4 Å². The van der Waals surface area contributed by atoms with E-state index in [-0.39, 0.29) is 33.7 Å². The Bertz CT molecular complexity index is 1480. The molecule has 7 nitrogen and oxygen atoms in total. The van der Waals surface area contributed by atoms with Crippen molar-refractivity contribution in [1.82, 2.24) is 0 Å². The molecule has 32 heavy (non-hydrogen) atoms. The number of rotatable bonds is 5. The van der Waals surface area contributed by atoms with Crippen molar-refractivity contribution < 1.29 is 27.8 Å². The number of para-hydroxylation sites is 3. The van der Waals surface area contributed by atoms with Crippen LogP contribution in [-0.4, -0.2) is 13.1 Å². The highest BCUT2D eigenvalue weighted by Crippen LogP contribution is 2.31. The Morgan fingerprint density at radius 1 is 0.844 bits per heavy atom. The van der Waals surface area contributed by atoms with Gasteiger partial charge in [0.1, 0.15) is 23.2 Å². The second kappa shape index (κ2) is 7.96. The van der Waals surface area contributed by atoms with Crippen LogP contribution >= 0.6 is 0 Å². The van der Waals surface area contributed by atoms with Crippen molar-refractivity contribution in [3.8, 4) is 23.0 Å². The SMILES string of the molecule is COc1ccccc1Oc1coc2cc(OC(=O)c3cc4ccccc4o3)ccc2c1=O. The summed E-state index contributed by atoms with van der Waals surface area (Å²) >= 11 is 0. The van der Waals surface area contributed by atoms with Gasteiger partial charge in [0.05, 0.1) is 12.5 Å². The van der Waals surface area contributed by atoms with Crippen molar-refractivity contribution in [3.05, 3.63) is 95.0 Å². The number of methoxy groups -OCH3 is 1. The number of benzene rings is 3. The molecule has 7 heteroatoms. The molecule has 0 spiro atoms. The molecule has 0 aliphatic rings. The zero-order valence-electron chi connectivity index (χ0n) is 16.9. The fourth-order valence-corrected chi connectivity index (χ4v) is 3.29. The van der Waals surface area contributed by atoms with E-state index in [1.165, 1.54) is 31.6 Å². The third-order valence-electron chi connectivity index (χ3n) is 4.84. The maximum atomic E-state index is 12.8. The molecule has 0 aliphatic heterocycles. The van der Waals surface area contributed by atoms with Gasteiger partial charge in [-0.2, -0.15) is 0 Å². The zero-order chi connectivity index (χ0) is 22.1. The van der Waals surface area contributed by atoms with Gasteiger partial charge in [-0.3, -0.25) is 4.79 Å². The first-order valence-corrected chi connectivity index (χ1v) is 9.69. The predicted molar refractivity (Wildman–Crippen MR) is 117 cm³/mol. The summed E-state index contributed by atoms with van der Waals surface area (Å²) in [5, 5.41) is 1.08. The number of carbonyl (C=O) groups is 1. The average molecular weight is 428 g/mol. The second-order valence-electron chi connectivity index (χ2n) is 6.88. The molecule has 0 radical (unpaired) electrons. The summed E-state index contributed by atoms with van der Waals surface area (Å²) in [5.74, 6) is 0.517. The number of ether oxygens (including phenoxy) is 3. The van der Waals surface area contributed by atoms with Gasteiger partial charge in [0, 0.05) is 11.5 Å². The Morgan fingerprint density at radius 2 is 1.62 bits per heavy atom. The number of furan rings is 1. The molecule has 0 atom stereocenters. The van der Waals surface area contributed by atoms with Gasteiger partial charge in [0.2, 0.25) is 16.9 Å². The lowest BCUT2D eigenvalue weighted by Crippen LogP contribution is -2.08. The Labute approximate surface area is 181 Å². The van der Waals surface area contributed by atoms with Crippen LogP contribution in [0, 0.1) is 0 Å². The third-order valence-corrected chi connectivity index (χ3v) is 4.84. The minimum Gasteiger partial charge on any atom is -0.493 e. The van der Waals surface area contributed by atoms with Crippen LogP contribution in [0.1, 0.15) is 10.6 Å². The smallest absolute Gasteiger partial charge is 0.379 e. The molecule has 3 aromatic carbocycles. The van der Waals surface area contributed by atoms with E-state index in [9.17, 15) is 9.59 Å². The summed E-state index contributed by atoms with van der Waals surface area (Å²) in [5.41, 5.74) is 0.469. The molecule has 0 saturated heterocycles. The van der Waals surface area contributed by atoms with E-state index in [1.54, 1.807) is 36.4 Å². The van der Waals surface area contributed by atoms with E-state index in [2.05, 4.69) is 0 Å². The molecular formula is C25H16O7. The molecule has 2 heterocycles. The van der Waals surface area contributed by atoms with E-state index >= 15 is 0 Å². The van der Waals surface area contributed by atoms with Crippen molar-refractivity contribution in [2.45, 2.75) is 0 Å². The van der Waals surface area contributed by atoms with Gasteiger partial charge < -0.3 is 23.0 Å². The standard InChI is InChI=1S/C25H16O7/c1-28-19-8-4-5-9-20(19)32-23-14-29-21-13-16(10-11-17(21)24(23)26)30-25(27)22-12-15-6-2-3-7-18(15)31-22/h2-14H,1H3. The van der Waals surface area contributed by atoms with Gasteiger partial charge >= 0.3 is 5.97 Å². The summed E-state index contributed by atoms with van der Waals surface area (Å²) in [6, 6.07) is 20.3. The fraction of sp³-hybridized carbons (Fsp3) is 0.0400. The molecule has 0 saturated carbocycles. The molecule has 158 valence electrons. The predicted octanol–water partition coefficient (Wildman–Crippen LogP) is 5.56. The molecule has 0 aliphatic carbocycles. The summed E-state index contributed by atoms with van der Waals surface area (Å²) in [6.45, 7) is 0. The minimum atomic E-state index is -0.654. The van der Waals surface area contributed by atoms with Gasteiger partial charge in [-0.1, -0.05) is 30.3 Å². The quantitative estimate of drug-likeness (QED) is 0.267. The van der Waals surface area contributed by atoms with Crippen LogP contribution in [0.2, 0.25) is 0 Å². The lowest BCUT2D eigenvalue weighted by Gasteiger charge is -2.09. The summed E-state index contributed by atoms with van der Waals surface area (Å²) in [6.07, 6.45) is 1.21. The maximum Gasteiger partial charge on any atom is 0.379 e. The van der Waals surface area contributed by atoms with Crippen molar-refractivity contribution in [1.29, 1.82) is 0 Å². The highest BCUT2D eigenvalue weighted by Gasteiger charge is 2.17. The van der Waals surface area contributed by atoms with Gasteiger partial charge in [0.25, 0.3) is 0 Å². The molecule has 0 amide bonds. The highest BCUT2D eigenvalue weighted by molar-refractivity contribution is 5.94. The van der Waals surface area contributed by atoms with Gasteiger partial charge in [0.15, 0.2) is 11.5 Å². The lowest BCUT2D eigenvalue weighted by atomic mass is 10.2. The number of fused-ring (bicyclic) bond motifs is 2. The Balaban J connectivity index is 1.41. The van der Waals surface area contributed by atoms with Crippen LogP contribution in [0.4, 0.5) is 0 Å². The van der Waals surface area contributed by atoms with E-state index in [0.717, 1.165) is 5.39 Å². The van der Waals surface area contributed by atoms with Crippen LogP contribution in [0.25, 0.3) is 21.9 Å². The van der Waals surface area contributed by atoms with Crippen LogP contribution in [-0.2, 0) is 0 Å². The monoisotopic (exact) mass is 428 g/mol. The normalized spacial score (nSPS) is 10.9. The fourth-order valence-electron chi connectivity index (χ4n) is 3.29. The lowest BCUT2D eigenvalue weighted by molar-refractivity contribution is 0.0704. The van der Waals surface area contributed by atoms with Crippen molar-refractivity contribution in [3.63, 3.8) is 0 Å². The molecule has 0 unspecified atom stereocenters.